The molecule has 0 aliphatic carbocycles. The first-order valence-electron chi connectivity index (χ1n) is 10.7. The van der Waals surface area contributed by atoms with Gasteiger partial charge in [0.1, 0.15) is 12.2 Å². The zero-order chi connectivity index (χ0) is 23.1. The number of hydrogen-bond acceptors (Lipinski definition) is 8. The molecule has 1 fully saturated rings. The predicted octanol–water partition coefficient (Wildman–Crippen LogP) is 2.81. The van der Waals surface area contributed by atoms with E-state index in [1.165, 1.54) is 0 Å². The fourth-order valence-corrected chi connectivity index (χ4v) is 3.91. The first-order valence-corrected chi connectivity index (χ1v) is 10.7. The largest absolute Gasteiger partial charge is 0.378 e. The highest BCUT2D eigenvalue weighted by Gasteiger charge is 2.20. The number of nitrogens with zero attached hydrogens (tertiary/aromatic N) is 7. The molecule has 1 saturated heterocycles. The summed E-state index contributed by atoms with van der Waals surface area (Å²) in [4.78, 5) is 27.6. The number of aromatic amines is 1. The Kier molecular flexibility index (Phi) is 4.99. The molecular weight excluding hydrogens is 444 g/mol. The van der Waals surface area contributed by atoms with Crippen molar-refractivity contribution in [2.24, 2.45) is 0 Å². The van der Waals surface area contributed by atoms with Crippen molar-refractivity contribution in [1.82, 2.24) is 34.5 Å². The van der Waals surface area contributed by atoms with Crippen LogP contribution in [-0.2, 0) is 11.3 Å². The molecule has 1 aliphatic rings. The summed E-state index contributed by atoms with van der Waals surface area (Å²) < 4.78 is 34.4. The highest BCUT2D eigenvalue weighted by Crippen LogP contribution is 2.26. The standard InChI is InChI=1S/C22H19F2N9O/c23-14-8-16-17(9-15(14)24)29-18(28-16)11-26-20-19-21(31-22(30-20)32-4-6-34-7-5-32)33(12-27-19)13-2-1-3-25-10-13/h1-3,8-10,12H,4-7,11H2,(H,28,29)(H,26,30,31). The van der Waals surface area contributed by atoms with Crippen LogP contribution in [0.1, 0.15) is 5.82 Å². The summed E-state index contributed by atoms with van der Waals surface area (Å²) in [5.41, 5.74) is 2.79. The maximum absolute atomic E-state index is 13.6. The highest BCUT2D eigenvalue weighted by atomic mass is 19.2. The van der Waals surface area contributed by atoms with Crippen molar-refractivity contribution < 1.29 is 13.5 Å². The number of fused-ring (bicyclic) bond motifs is 2. The van der Waals surface area contributed by atoms with Crippen LogP contribution >= 0.6 is 0 Å². The van der Waals surface area contributed by atoms with E-state index >= 15 is 0 Å². The smallest absolute Gasteiger partial charge is 0.229 e. The average molecular weight is 463 g/mol. The first-order chi connectivity index (χ1) is 16.7. The molecule has 0 atom stereocenters. The Morgan fingerprint density at radius 3 is 2.76 bits per heavy atom. The molecule has 0 bridgehead atoms. The molecule has 172 valence electrons. The van der Waals surface area contributed by atoms with Crippen LogP contribution in [0.2, 0.25) is 0 Å². The van der Waals surface area contributed by atoms with Gasteiger partial charge in [-0.3, -0.25) is 9.55 Å². The van der Waals surface area contributed by atoms with Gasteiger partial charge >= 0.3 is 0 Å². The van der Waals surface area contributed by atoms with Gasteiger partial charge in [-0.05, 0) is 12.1 Å². The monoisotopic (exact) mass is 463 g/mol. The number of nitrogens with one attached hydrogen (secondary N) is 2. The van der Waals surface area contributed by atoms with Crippen molar-refractivity contribution in [3.8, 4) is 5.69 Å². The van der Waals surface area contributed by atoms with Crippen LogP contribution in [0.3, 0.4) is 0 Å². The Bertz CT molecular complexity index is 1440. The van der Waals surface area contributed by atoms with Gasteiger partial charge in [0.15, 0.2) is 28.6 Å². The molecule has 0 unspecified atom stereocenters. The van der Waals surface area contributed by atoms with E-state index in [1.807, 2.05) is 16.7 Å². The molecule has 6 rings (SSSR count). The highest BCUT2D eigenvalue weighted by molar-refractivity contribution is 5.85. The molecule has 0 amide bonds. The molecule has 0 spiro atoms. The maximum Gasteiger partial charge on any atom is 0.229 e. The van der Waals surface area contributed by atoms with E-state index in [4.69, 9.17) is 14.7 Å². The Morgan fingerprint density at radius 1 is 1.09 bits per heavy atom. The number of morpholine rings is 1. The number of ether oxygens (including phenoxy) is 1. The topological polar surface area (TPSA) is 110 Å². The predicted molar refractivity (Wildman–Crippen MR) is 121 cm³/mol. The normalized spacial score (nSPS) is 14.2. The van der Waals surface area contributed by atoms with Crippen LogP contribution in [0.15, 0.2) is 43.0 Å². The van der Waals surface area contributed by atoms with Gasteiger partial charge in [-0.15, -0.1) is 0 Å². The minimum Gasteiger partial charge on any atom is -0.378 e. The van der Waals surface area contributed by atoms with E-state index in [0.29, 0.717) is 66.1 Å². The molecule has 12 heteroatoms. The van der Waals surface area contributed by atoms with Crippen LogP contribution in [-0.4, -0.2) is 60.8 Å². The Morgan fingerprint density at radius 2 is 1.94 bits per heavy atom. The van der Waals surface area contributed by atoms with Gasteiger partial charge in [0.2, 0.25) is 5.95 Å². The molecule has 0 saturated carbocycles. The van der Waals surface area contributed by atoms with Crippen LogP contribution in [0.4, 0.5) is 20.5 Å². The van der Waals surface area contributed by atoms with Crippen molar-refractivity contribution >= 4 is 34.0 Å². The summed E-state index contributed by atoms with van der Waals surface area (Å²) in [5.74, 6) is -0.285. The number of anilines is 2. The molecule has 2 N–H and O–H groups in total. The number of benzene rings is 1. The van der Waals surface area contributed by atoms with E-state index in [2.05, 4.69) is 30.2 Å². The molecule has 34 heavy (non-hydrogen) atoms. The maximum atomic E-state index is 13.6. The number of H-pyrrole nitrogens is 1. The van der Waals surface area contributed by atoms with Gasteiger partial charge < -0.3 is 19.9 Å². The minimum atomic E-state index is -0.938. The van der Waals surface area contributed by atoms with Crippen molar-refractivity contribution in [2.45, 2.75) is 6.54 Å². The van der Waals surface area contributed by atoms with Gasteiger partial charge in [0.05, 0.1) is 42.7 Å². The van der Waals surface area contributed by atoms with Crippen LogP contribution in [0, 0.1) is 11.6 Å². The lowest BCUT2D eigenvalue weighted by molar-refractivity contribution is 0.122. The van der Waals surface area contributed by atoms with Gasteiger partial charge in [-0.1, -0.05) is 0 Å². The number of hydrogen-bond donors (Lipinski definition) is 2. The summed E-state index contributed by atoms with van der Waals surface area (Å²) in [6.07, 6.45) is 5.11. The van der Waals surface area contributed by atoms with E-state index < -0.39 is 11.6 Å². The third kappa shape index (κ3) is 3.67. The number of pyridine rings is 1. The number of imidazole rings is 2. The van der Waals surface area contributed by atoms with Crippen molar-refractivity contribution in [1.29, 1.82) is 0 Å². The fourth-order valence-electron chi connectivity index (χ4n) is 3.91. The Hall–Kier alpha value is -4.19. The van der Waals surface area contributed by atoms with E-state index in [1.54, 1.807) is 18.7 Å². The quantitative estimate of drug-likeness (QED) is 0.410. The number of halogens is 2. The summed E-state index contributed by atoms with van der Waals surface area (Å²) in [6, 6.07) is 5.93. The minimum absolute atomic E-state index is 0.242. The summed E-state index contributed by atoms with van der Waals surface area (Å²) in [5, 5.41) is 3.26. The molecule has 5 aromatic rings. The third-order valence-electron chi connectivity index (χ3n) is 5.60. The fraction of sp³-hybridized carbons (Fsp3) is 0.227. The molecule has 1 aliphatic heterocycles. The van der Waals surface area contributed by atoms with E-state index in [9.17, 15) is 8.78 Å². The molecule has 0 radical (unpaired) electrons. The average Bonchev–Trinajstić information content (AvgIpc) is 3.47. The van der Waals surface area contributed by atoms with Crippen molar-refractivity contribution in [2.75, 3.05) is 36.5 Å². The van der Waals surface area contributed by atoms with Gasteiger partial charge in [0.25, 0.3) is 0 Å². The van der Waals surface area contributed by atoms with Crippen LogP contribution < -0.4 is 10.2 Å². The second kappa shape index (κ2) is 8.30. The van der Waals surface area contributed by atoms with E-state index in [-0.39, 0.29) is 6.54 Å². The lowest BCUT2D eigenvalue weighted by Gasteiger charge is -2.27. The van der Waals surface area contributed by atoms with Crippen molar-refractivity contribution in [3.63, 3.8) is 0 Å². The number of rotatable bonds is 5. The van der Waals surface area contributed by atoms with Gasteiger partial charge in [-0.2, -0.15) is 9.97 Å². The second-order valence-electron chi connectivity index (χ2n) is 7.79. The second-order valence-corrected chi connectivity index (χ2v) is 7.79. The van der Waals surface area contributed by atoms with Crippen LogP contribution in [0.5, 0.6) is 0 Å². The Labute approximate surface area is 191 Å². The SMILES string of the molecule is Fc1cc2nc(CNc3nc(N4CCOCC4)nc4c3ncn4-c3cccnc3)[nH]c2cc1F. The van der Waals surface area contributed by atoms with E-state index in [0.717, 1.165) is 17.8 Å². The Balaban J connectivity index is 1.38. The third-order valence-corrected chi connectivity index (χ3v) is 5.60. The molecule has 10 nitrogen and oxygen atoms in total. The van der Waals surface area contributed by atoms with Gasteiger partial charge in [0, 0.05) is 31.4 Å². The van der Waals surface area contributed by atoms with Gasteiger partial charge in [-0.25, -0.2) is 18.7 Å². The zero-order valence-electron chi connectivity index (χ0n) is 17.9. The summed E-state index contributed by atoms with van der Waals surface area (Å²) in [7, 11) is 0. The lowest BCUT2D eigenvalue weighted by atomic mass is 10.3. The number of aromatic nitrogens is 7. The molecule has 4 aromatic heterocycles. The molecular formula is C22H19F2N9O. The zero-order valence-corrected chi connectivity index (χ0v) is 17.9. The molecule has 5 heterocycles. The first kappa shape index (κ1) is 20.4. The van der Waals surface area contributed by atoms with Crippen molar-refractivity contribution in [3.05, 3.63) is 60.4 Å². The lowest BCUT2D eigenvalue weighted by Crippen LogP contribution is -2.37. The summed E-state index contributed by atoms with van der Waals surface area (Å²) >= 11 is 0. The van der Waals surface area contributed by atoms with Crippen LogP contribution in [0.25, 0.3) is 27.9 Å². The molecule has 1 aromatic carbocycles. The summed E-state index contributed by atoms with van der Waals surface area (Å²) in [6.45, 7) is 2.78.